The minimum absolute atomic E-state index is 0.137. The molecule has 0 saturated carbocycles. The van der Waals surface area contributed by atoms with Crippen LogP contribution < -0.4 is 4.74 Å². The van der Waals surface area contributed by atoms with E-state index in [-0.39, 0.29) is 17.7 Å². The van der Waals surface area contributed by atoms with Crippen LogP contribution in [0.3, 0.4) is 0 Å². The summed E-state index contributed by atoms with van der Waals surface area (Å²) in [5.74, 6) is -1.45. The maximum atomic E-state index is 13.6. The predicted octanol–water partition coefficient (Wildman–Crippen LogP) is 4.88. The quantitative estimate of drug-likeness (QED) is 0.432. The lowest BCUT2D eigenvalue weighted by molar-refractivity contribution is -0.253. The Balaban J connectivity index is 2.45. The van der Waals surface area contributed by atoms with Gasteiger partial charge in [0.15, 0.2) is 0 Å². The van der Waals surface area contributed by atoms with Crippen molar-refractivity contribution in [2.24, 2.45) is 0 Å². The van der Waals surface area contributed by atoms with E-state index in [1.54, 1.807) is 20.8 Å². The summed E-state index contributed by atoms with van der Waals surface area (Å²) < 4.78 is 69.1. The van der Waals surface area contributed by atoms with Crippen LogP contribution in [0.25, 0.3) is 0 Å². The molecule has 0 fully saturated rings. The van der Waals surface area contributed by atoms with Gasteiger partial charge in [0.1, 0.15) is 11.9 Å². The van der Waals surface area contributed by atoms with Crippen molar-refractivity contribution in [3.8, 4) is 5.75 Å². The van der Waals surface area contributed by atoms with Gasteiger partial charge in [-0.25, -0.2) is 9.78 Å². The zero-order valence-corrected chi connectivity index (χ0v) is 17.5. The molecule has 2 rings (SSSR count). The molecule has 6 nitrogen and oxygen atoms in total. The molecule has 2 unspecified atom stereocenters. The molecule has 0 bridgehead atoms. The average Bonchev–Trinajstić information content (AvgIpc) is 2.65. The van der Waals surface area contributed by atoms with E-state index in [1.165, 1.54) is 24.3 Å². The molecule has 1 amide bonds. The minimum Gasteiger partial charge on any atom is -0.465 e. The molecular formula is C21H23F5N2O4. The summed E-state index contributed by atoms with van der Waals surface area (Å²) in [5, 5.41) is 20.7. The number of pyridine rings is 1. The van der Waals surface area contributed by atoms with Crippen LogP contribution in [-0.2, 0) is 6.42 Å². The van der Waals surface area contributed by atoms with Crippen LogP contribution in [0.2, 0.25) is 0 Å². The van der Waals surface area contributed by atoms with E-state index in [4.69, 9.17) is 0 Å². The third-order valence-corrected chi connectivity index (χ3v) is 4.52. The molecule has 0 radical (unpaired) electrons. The van der Waals surface area contributed by atoms with E-state index in [0.717, 1.165) is 23.1 Å². The number of aliphatic hydroxyl groups is 1. The number of hydrogen-bond acceptors (Lipinski definition) is 4. The van der Waals surface area contributed by atoms with Crippen LogP contribution in [0.15, 0.2) is 42.5 Å². The number of aromatic nitrogens is 1. The van der Waals surface area contributed by atoms with Crippen LogP contribution >= 0.6 is 0 Å². The van der Waals surface area contributed by atoms with E-state index in [1.807, 2.05) is 0 Å². The Labute approximate surface area is 181 Å². The summed E-state index contributed by atoms with van der Waals surface area (Å²) in [6.07, 6.45) is -12.0. The highest BCUT2D eigenvalue weighted by atomic mass is 19.3. The normalized spacial score (nSPS) is 14.2. The number of aliphatic hydroxyl groups excluding tert-OH is 1. The van der Waals surface area contributed by atoms with Crippen LogP contribution in [-0.4, -0.2) is 50.3 Å². The lowest BCUT2D eigenvalue weighted by atomic mass is 9.93. The molecule has 2 N–H and O–H groups in total. The third-order valence-electron chi connectivity index (χ3n) is 4.52. The Hall–Kier alpha value is -2.95. The number of benzene rings is 1. The monoisotopic (exact) mass is 462 g/mol. The van der Waals surface area contributed by atoms with Crippen molar-refractivity contribution in [3.63, 3.8) is 0 Å². The topological polar surface area (TPSA) is 82.9 Å². The summed E-state index contributed by atoms with van der Waals surface area (Å²) in [5.41, 5.74) is -0.951. The first-order valence-electron chi connectivity index (χ1n) is 9.49. The van der Waals surface area contributed by atoms with Crippen LogP contribution in [0.4, 0.5) is 26.7 Å². The van der Waals surface area contributed by atoms with E-state index in [2.05, 4.69) is 9.72 Å². The number of carbonyl (C=O) groups is 1. The number of hydrogen-bond donors (Lipinski definition) is 2. The minimum atomic E-state index is -4.72. The summed E-state index contributed by atoms with van der Waals surface area (Å²) in [6, 6.07) is 7.19. The number of nitrogens with zero attached hydrogens (tertiary/aromatic N) is 2. The molecule has 32 heavy (non-hydrogen) atoms. The molecule has 2 aromatic rings. The van der Waals surface area contributed by atoms with Crippen molar-refractivity contribution in [2.75, 3.05) is 0 Å². The Bertz CT molecular complexity index is 936. The van der Waals surface area contributed by atoms with E-state index >= 15 is 0 Å². The van der Waals surface area contributed by atoms with Crippen molar-refractivity contribution < 1.29 is 41.7 Å². The van der Waals surface area contributed by atoms with E-state index < -0.39 is 48.0 Å². The molecule has 0 aliphatic heterocycles. The maximum absolute atomic E-state index is 13.6. The van der Waals surface area contributed by atoms with E-state index in [9.17, 15) is 37.0 Å². The van der Waals surface area contributed by atoms with Gasteiger partial charge in [-0.15, -0.1) is 0 Å². The summed E-state index contributed by atoms with van der Waals surface area (Å²) in [7, 11) is 0. The lowest BCUT2D eigenvalue weighted by Crippen LogP contribution is -2.54. The molecule has 0 aliphatic rings. The van der Waals surface area contributed by atoms with Gasteiger partial charge in [0.25, 0.3) is 0 Å². The largest absolute Gasteiger partial charge is 0.465 e. The standard InChI is InChI=1S/C21H23F5N2O4/c1-20(2,3)28(19(30)31)15(17(29)14-8-5-9-16(22)27-14)11-12-6-4-7-13(10-12)32-21(25,26)18(23)24/h4-10,15,17-18,29H,11H2,1-3H3,(H,30,31). The van der Waals surface area contributed by atoms with Crippen LogP contribution in [0, 0.1) is 5.95 Å². The molecule has 2 atom stereocenters. The number of rotatable bonds is 8. The first-order valence-corrected chi connectivity index (χ1v) is 9.49. The van der Waals surface area contributed by atoms with Gasteiger partial charge in [-0.3, -0.25) is 4.90 Å². The number of halogens is 5. The predicted molar refractivity (Wildman–Crippen MR) is 104 cm³/mol. The van der Waals surface area contributed by atoms with Gasteiger partial charge in [-0.2, -0.15) is 22.0 Å². The molecule has 11 heteroatoms. The summed E-state index contributed by atoms with van der Waals surface area (Å²) >= 11 is 0. The third kappa shape index (κ3) is 6.28. The van der Waals surface area contributed by atoms with Crippen LogP contribution in [0.1, 0.15) is 38.1 Å². The van der Waals surface area contributed by atoms with Gasteiger partial charge in [-0.05, 0) is 57.0 Å². The van der Waals surface area contributed by atoms with Gasteiger partial charge in [0.05, 0.1) is 11.7 Å². The van der Waals surface area contributed by atoms with Gasteiger partial charge >= 0.3 is 18.6 Å². The lowest BCUT2D eigenvalue weighted by Gasteiger charge is -2.41. The second-order valence-corrected chi connectivity index (χ2v) is 8.04. The molecule has 1 aromatic carbocycles. The molecular weight excluding hydrogens is 439 g/mol. The van der Waals surface area contributed by atoms with Crippen molar-refractivity contribution in [1.82, 2.24) is 9.88 Å². The highest BCUT2D eigenvalue weighted by molar-refractivity contribution is 5.66. The number of alkyl halides is 4. The van der Waals surface area contributed by atoms with E-state index in [0.29, 0.717) is 0 Å². The van der Waals surface area contributed by atoms with Crippen molar-refractivity contribution in [1.29, 1.82) is 0 Å². The highest BCUT2D eigenvalue weighted by Crippen LogP contribution is 2.31. The molecule has 176 valence electrons. The number of ether oxygens (including phenoxy) is 1. The number of amides is 1. The molecule has 1 heterocycles. The number of carboxylic acid groups (broad SMARTS) is 1. The second kappa shape index (κ2) is 9.68. The fraction of sp³-hybridized carbons (Fsp3) is 0.429. The molecule has 1 aromatic heterocycles. The maximum Gasteiger partial charge on any atom is 0.461 e. The highest BCUT2D eigenvalue weighted by Gasteiger charge is 2.44. The second-order valence-electron chi connectivity index (χ2n) is 8.04. The Morgan fingerprint density at radius 1 is 1.16 bits per heavy atom. The van der Waals surface area contributed by atoms with Gasteiger partial charge in [0, 0.05) is 5.54 Å². The molecule has 0 spiro atoms. The zero-order chi connectivity index (χ0) is 24.3. The SMILES string of the molecule is CC(C)(C)N(C(=O)O)C(Cc1cccc(OC(F)(F)C(F)F)c1)C(O)c1cccc(F)n1. The fourth-order valence-corrected chi connectivity index (χ4v) is 3.24. The average molecular weight is 462 g/mol. The zero-order valence-electron chi connectivity index (χ0n) is 17.5. The molecule has 0 aliphatic carbocycles. The van der Waals surface area contributed by atoms with Crippen molar-refractivity contribution >= 4 is 6.09 Å². The molecule has 0 saturated heterocycles. The first-order chi connectivity index (χ1) is 14.7. The first kappa shape index (κ1) is 25.3. The Kier molecular flexibility index (Phi) is 7.66. The van der Waals surface area contributed by atoms with Gasteiger partial charge in [-0.1, -0.05) is 18.2 Å². The van der Waals surface area contributed by atoms with Gasteiger partial charge < -0.3 is 14.9 Å². The van der Waals surface area contributed by atoms with Crippen molar-refractivity contribution in [3.05, 3.63) is 59.7 Å². The Morgan fingerprint density at radius 2 is 1.78 bits per heavy atom. The smallest absolute Gasteiger partial charge is 0.461 e. The van der Waals surface area contributed by atoms with Gasteiger partial charge in [0.2, 0.25) is 5.95 Å². The van der Waals surface area contributed by atoms with Crippen LogP contribution in [0.5, 0.6) is 5.75 Å². The van der Waals surface area contributed by atoms with Crippen molar-refractivity contribution in [2.45, 2.75) is 57.4 Å². The summed E-state index contributed by atoms with van der Waals surface area (Å²) in [4.78, 5) is 16.6. The summed E-state index contributed by atoms with van der Waals surface area (Å²) in [6.45, 7) is 4.72. The fourth-order valence-electron chi connectivity index (χ4n) is 3.24. The Morgan fingerprint density at radius 3 is 2.31 bits per heavy atom.